The molecule has 0 aromatic heterocycles. The van der Waals surface area contributed by atoms with Crippen LogP contribution in [0.15, 0.2) is 0 Å². The molecule has 0 saturated carbocycles. The summed E-state index contributed by atoms with van der Waals surface area (Å²) in [5.74, 6) is -57.4. The Balaban J connectivity index is 6.65. The van der Waals surface area contributed by atoms with Gasteiger partial charge in [0.25, 0.3) is 0 Å². The second-order valence-electron chi connectivity index (χ2n) is 6.25. The van der Waals surface area contributed by atoms with Gasteiger partial charge in [-0.15, -0.1) is 0 Å². The highest BCUT2D eigenvalue weighted by atomic mass is 19.4. The Morgan fingerprint density at radius 3 is 0.897 bits per heavy atom. The van der Waals surface area contributed by atoms with E-state index in [1.54, 1.807) is 0 Å². The molecule has 0 nitrogen and oxygen atoms in total. The van der Waals surface area contributed by atoms with Crippen molar-refractivity contribution in [3.63, 3.8) is 0 Å². The zero-order valence-electron chi connectivity index (χ0n) is 13.7. The summed E-state index contributed by atoms with van der Waals surface area (Å²) >= 11 is 0. The van der Waals surface area contributed by atoms with E-state index in [0.29, 0.717) is 13.8 Å². The molecule has 0 atom stereocenters. The van der Waals surface area contributed by atoms with Gasteiger partial charge in [0.05, 0.1) is 0 Å². The van der Waals surface area contributed by atoms with Crippen LogP contribution in [0.2, 0.25) is 0 Å². The van der Waals surface area contributed by atoms with Gasteiger partial charge in [-0.25, -0.2) is 0 Å². The van der Waals surface area contributed by atoms with E-state index in [1.807, 2.05) is 0 Å². The molecule has 17 heteroatoms. The van der Waals surface area contributed by atoms with Crippen LogP contribution in [0.5, 0.6) is 0 Å². The standard InChI is InChI=1S/C12H9F17/c1-4(2)3-5(13,14)6(15,16)7(17,18)8(19,20)9(21,22)10(23,24)11(25,26)12(27,28)29/h4H,3H2,1-2H3. The minimum atomic E-state index is -8.57. The average molecular weight is 476 g/mol. The van der Waals surface area contributed by atoms with Gasteiger partial charge in [-0.1, -0.05) is 13.8 Å². The summed E-state index contributed by atoms with van der Waals surface area (Å²) in [5, 5.41) is 0. The molecule has 29 heavy (non-hydrogen) atoms. The zero-order chi connectivity index (χ0) is 24.3. The number of alkyl halides is 17. The summed E-state index contributed by atoms with van der Waals surface area (Å²) in [7, 11) is 0. The molecule has 0 bridgehead atoms. The van der Waals surface area contributed by atoms with Gasteiger partial charge >= 0.3 is 47.6 Å². The number of hydrogen-bond acceptors (Lipinski definition) is 0. The van der Waals surface area contributed by atoms with E-state index in [4.69, 9.17) is 0 Å². The first-order valence-electron chi connectivity index (χ1n) is 6.88. The lowest BCUT2D eigenvalue weighted by Crippen LogP contribution is -2.74. The molecule has 0 heterocycles. The van der Waals surface area contributed by atoms with Crippen LogP contribution in [0.3, 0.4) is 0 Å². The molecule has 0 N–H and O–H groups in total. The normalized spacial score (nSPS) is 16.6. The molecule has 0 rings (SSSR count). The molecular formula is C12H9F17. The second kappa shape index (κ2) is 6.92. The highest BCUT2D eigenvalue weighted by Crippen LogP contribution is 2.64. The molecule has 0 spiro atoms. The smallest absolute Gasteiger partial charge is 0.200 e. The Kier molecular flexibility index (Phi) is 6.63. The van der Waals surface area contributed by atoms with E-state index in [9.17, 15) is 74.6 Å². The molecule has 0 unspecified atom stereocenters. The molecule has 0 aliphatic heterocycles. The summed E-state index contributed by atoms with van der Waals surface area (Å²) in [6.07, 6.45) is -10.1. The quantitative estimate of drug-likeness (QED) is 0.330. The molecule has 0 aromatic rings. The number of hydrogen-bond donors (Lipinski definition) is 0. The van der Waals surface area contributed by atoms with E-state index in [-0.39, 0.29) is 0 Å². The first kappa shape index (κ1) is 27.8. The van der Waals surface area contributed by atoms with E-state index >= 15 is 0 Å². The largest absolute Gasteiger partial charge is 0.460 e. The third kappa shape index (κ3) is 3.70. The van der Waals surface area contributed by atoms with Crippen molar-refractivity contribution < 1.29 is 74.6 Å². The topological polar surface area (TPSA) is 0 Å². The highest BCUT2D eigenvalue weighted by Gasteiger charge is 2.95. The van der Waals surface area contributed by atoms with Gasteiger partial charge in [0, 0.05) is 6.42 Å². The van der Waals surface area contributed by atoms with Gasteiger partial charge in [0.1, 0.15) is 0 Å². The molecule has 0 aromatic carbocycles. The van der Waals surface area contributed by atoms with Crippen molar-refractivity contribution in [1.29, 1.82) is 0 Å². The van der Waals surface area contributed by atoms with Crippen molar-refractivity contribution in [2.75, 3.05) is 0 Å². The van der Waals surface area contributed by atoms with Gasteiger partial charge < -0.3 is 0 Å². The summed E-state index contributed by atoms with van der Waals surface area (Å²) in [5.41, 5.74) is 0. The Bertz CT molecular complexity index is 582. The Morgan fingerprint density at radius 2 is 0.655 bits per heavy atom. The first-order valence-corrected chi connectivity index (χ1v) is 6.88. The average Bonchev–Trinajstić information content (AvgIpc) is 2.43. The third-order valence-electron chi connectivity index (χ3n) is 3.45. The van der Waals surface area contributed by atoms with E-state index in [1.165, 1.54) is 0 Å². The van der Waals surface area contributed by atoms with Crippen LogP contribution in [0.25, 0.3) is 0 Å². The third-order valence-corrected chi connectivity index (χ3v) is 3.45. The molecule has 0 aliphatic carbocycles. The van der Waals surface area contributed by atoms with E-state index in [2.05, 4.69) is 0 Å². The van der Waals surface area contributed by atoms with Crippen LogP contribution >= 0.6 is 0 Å². The van der Waals surface area contributed by atoms with Crippen molar-refractivity contribution in [2.45, 2.75) is 67.9 Å². The van der Waals surface area contributed by atoms with Gasteiger partial charge in [-0.2, -0.15) is 74.6 Å². The Morgan fingerprint density at radius 1 is 0.414 bits per heavy atom. The van der Waals surface area contributed by atoms with Gasteiger partial charge in [0.15, 0.2) is 0 Å². The van der Waals surface area contributed by atoms with Crippen LogP contribution in [0, 0.1) is 5.92 Å². The van der Waals surface area contributed by atoms with Crippen molar-refractivity contribution in [2.24, 2.45) is 5.92 Å². The lowest BCUT2D eigenvalue weighted by molar-refractivity contribution is -0.462. The lowest BCUT2D eigenvalue weighted by atomic mass is 9.87. The predicted molar refractivity (Wildman–Crippen MR) is 60.1 cm³/mol. The van der Waals surface area contributed by atoms with Crippen LogP contribution in [-0.4, -0.2) is 47.6 Å². The Hall–Kier alpha value is -1.19. The summed E-state index contributed by atoms with van der Waals surface area (Å²) in [4.78, 5) is 0. The minimum Gasteiger partial charge on any atom is -0.200 e. The molecule has 0 fully saturated rings. The SMILES string of the molecule is CC(C)CC(F)(F)C(F)(F)C(F)(F)C(F)(F)C(F)(F)C(F)(F)C(F)(F)C(F)(F)F. The van der Waals surface area contributed by atoms with Gasteiger partial charge in [-0.05, 0) is 5.92 Å². The fraction of sp³-hybridized carbons (Fsp3) is 1.00. The fourth-order valence-electron chi connectivity index (χ4n) is 1.84. The molecule has 0 radical (unpaired) electrons. The van der Waals surface area contributed by atoms with Crippen molar-refractivity contribution in [1.82, 2.24) is 0 Å². The molecule has 0 amide bonds. The molecular weight excluding hydrogens is 467 g/mol. The van der Waals surface area contributed by atoms with Crippen molar-refractivity contribution in [3.05, 3.63) is 0 Å². The minimum absolute atomic E-state index is 0.632. The van der Waals surface area contributed by atoms with Crippen LogP contribution in [0.4, 0.5) is 74.6 Å². The maximum absolute atomic E-state index is 13.3. The maximum atomic E-state index is 13.3. The van der Waals surface area contributed by atoms with Crippen LogP contribution in [-0.2, 0) is 0 Å². The number of rotatable bonds is 8. The van der Waals surface area contributed by atoms with E-state index < -0.39 is 60.0 Å². The second-order valence-corrected chi connectivity index (χ2v) is 6.25. The predicted octanol–water partition coefficient (Wildman–Crippen LogP) is 7.04. The Labute approximate surface area is 150 Å². The maximum Gasteiger partial charge on any atom is 0.460 e. The monoisotopic (exact) mass is 476 g/mol. The number of halogens is 17. The lowest BCUT2D eigenvalue weighted by Gasteiger charge is -2.43. The molecule has 0 aliphatic rings. The fourth-order valence-corrected chi connectivity index (χ4v) is 1.84. The summed E-state index contributed by atoms with van der Waals surface area (Å²) in [6.45, 7) is 1.26. The summed E-state index contributed by atoms with van der Waals surface area (Å²) < 4.78 is 219. The van der Waals surface area contributed by atoms with Crippen molar-refractivity contribution in [3.8, 4) is 0 Å². The summed E-state index contributed by atoms with van der Waals surface area (Å²) in [6, 6.07) is 0. The molecule has 0 saturated heterocycles. The van der Waals surface area contributed by atoms with Crippen LogP contribution in [0.1, 0.15) is 20.3 Å². The molecule has 176 valence electrons. The first-order chi connectivity index (χ1) is 12.2. The van der Waals surface area contributed by atoms with Crippen LogP contribution < -0.4 is 0 Å². The van der Waals surface area contributed by atoms with Gasteiger partial charge in [0.2, 0.25) is 0 Å². The van der Waals surface area contributed by atoms with Crippen molar-refractivity contribution >= 4 is 0 Å². The van der Waals surface area contributed by atoms with Gasteiger partial charge in [-0.3, -0.25) is 0 Å². The zero-order valence-corrected chi connectivity index (χ0v) is 13.7. The highest BCUT2D eigenvalue weighted by molar-refractivity contribution is 5.15. The van der Waals surface area contributed by atoms with E-state index in [0.717, 1.165) is 0 Å².